The van der Waals surface area contributed by atoms with E-state index in [1.807, 2.05) is 0 Å². The molecule has 2 rings (SSSR count). The van der Waals surface area contributed by atoms with Crippen molar-refractivity contribution in [3.63, 3.8) is 0 Å². The van der Waals surface area contributed by atoms with Crippen LogP contribution in [0.4, 0.5) is 0 Å². The lowest BCUT2D eigenvalue weighted by molar-refractivity contribution is -0.135. The number of carbonyl (C=O) groups excluding carboxylic acids is 2. The van der Waals surface area contributed by atoms with E-state index < -0.39 is 0 Å². The lowest BCUT2D eigenvalue weighted by Crippen LogP contribution is -2.41. The van der Waals surface area contributed by atoms with E-state index in [1.54, 1.807) is 4.90 Å². The Bertz CT molecular complexity index is 205. The van der Waals surface area contributed by atoms with Gasteiger partial charge >= 0.3 is 0 Å². The zero-order valence-electron chi connectivity index (χ0n) is 6.88. The van der Waals surface area contributed by atoms with Crippen molar-refractivity contribution in [1.82, 2.24) is 10.2 Å². The van der Waals surface area contributed by atoms with Crippen LogP contribution in [-0.4, -0.2) is 35.8 Å². The van der Waals surface area contributed by atoms with E-state index in [4.69, 9.17) is 0 Å². The quantitative estimate of drug-likeness (QED) is 0.530. The third-order valence-corrected chi connectivity index (χ3v) is 2.51. The molecular weight excluding hydrogens is 156 g/mol. The molecule has 2 fully saturated rings. The second-order valence-corrected chi connectivity index (χ2v) is 3.29. The molecule has 0 radical (unpaired) electrons. The average molecular weight is 168 g/mol. The van der Waals surface area contributed by atoms with Crippen LogP contribution in [-0.2, 0) is 9.59 Å². The lowest BCUT2D eigenvalue weighted by Gasteiger charge is -2.19. The van der Waals surface area contributed by atoms with Crippen molar-refractivity contribution in [1.29, 1.82) is 0 Å². The summed E-state index contributed by atoms with van der Waals surface area (Å²) in [6, 6.07) is -0.167. The minimum Gasteiger partial charge on any atom is -0.354 e. The molecule has 66 valence electrons. The lowest BCUT2D eigenvalue weighted by atomic mass is 10.2. The summed E-state index contributed by atoms with van der Waals surface area (Å²) >= 11 is 0. The molecule has 0 aromatic carbocycles. The molecular formula is C8H12N2O2. The molecule has 2 saturated heterocycles. The van der Waals surface area contributed by atoms with E-state index in [9.17, 15) is 9.59 Å². The predicted molar refractivity (Wildman–Crippen MR) is 42.4 cm³/mol. The highest BCUT2D eigenvalue weighted by molar-refractivity contribution is 5.90. The molecule has 1 unspecified atom stereocenters. The highest BCUT2D eigenvalue weighted by Gasteiger charge is 2.35. The molecule has 2 amide bonds. The second kappa shape index (κ2) is 2.77. The van der Waals surface area contributed by atoms with Crippen LogP contribution >= 0.6 is 0 Å². The standard InChI is InChI=1S/C8H12N2O2/c11-7-3-4-9-8(12)6-2-1-5-10(6)7/h6H,1-5H2,(H,9,12). The Hall–Kier alpha value is -1.06. The zero-order valence-corrected chi connectivity index (χ0v) is 6.88. The van der Waals surface area contributed by atoms with Crippen LogP contribution in [0.2, 0.25) is 0 Å². The minimum absolute atomic E-state index is 0.0263. The first-order valence-electron chi connectivity index (χ1n) is 4.36. The van der Waals surface area contributed by atoms with Crippen LogP contribution < -0.4 is 5.32 Å². The molecule has 12 heavy (non-hydrogen) atoms. The van der Waals surface area contributed by atoms with Gasteiger partial charge in [-0.3, -0.25) is 9.59 Å². The summed E-state index contributed by atoms with van der Waals surface area (Å²) in [6.45, 7) is 1.27. The maximum atomic E-state index is 11.4. The number of nitrogens with one attached hydrogen (secondary N) is 1. The smallest absolute Gasteiger partial charge is 0.242 e. The summed E-state index contributed by atoms with van der Waals surface area (Å²) < 4.78 is 0. The Morgan fingerprint density at radius 2 is 2.25 bits per heavy atom. The van der Waals surface area contributed by atoms with Gasteiger partial charge in [0.2, 0.25) is 11.8 Å². The van der Waals surface area contributed by atoms with Gasteiger partial charge in [-0.1, -0.05) is 0 Å². The Kier molecular flexibility index (Phi) is 1.75. The van der Waals surface area contributed by atoms with E-state index >= 15 is 0 Å². The summed E-state index contributed by atoms with van der Waals surface area (Å²) in [7, 11) is 0. The number of fused-ring (bicyclic) bond motifs is 1. The summed E-state index contributed by atoms with van der Waals surface area (Å²) in [4.78, 5) is 24.4. The number of carbonyl (C=O) groups is 2. The predicted octanol–water partition coefficient (Wildman–Crippen LogP) is -0.503. The van der Waals surface area contributed by atoms with Crippen LogP contribution in [0.5, 0.6) is 0 Å². The van der Waals surface area contributed by atoms with E-state index in [1.165, 1.54) is 0 Å². The summed E-state index contributed by atoms with van der Waals surface area (Å²) in [5, 5.41) is 2.74. The fourth-order valence-electron chi connectivity index (χ4n) is 1.89. The van der Waals surface area contributed by atoms with Gasteiger partial charge in [0.05, 0.1) is 0 Å². The average Bonchev–Trinajstić information content (AvgIpc) is 2.47. The Balaban J connectivity index is 2.20. The van der Waals surface area contributed by atoms with Gasteiger partial charge in [-0.05, 0) is 12.8 Å². The number of amides is 2. The van der Waals surface area contributed by atoms with Crippen LogP contribution in [0.15, 0.2) is 0 Å². The molecule has 2 heterocycles. The minimum atomic E-state index is -0.167. The normalized spacial score (nSPS) is 29.7. The number of rotatable bonds is 0. The number of hydrogen-bond donors (Lipinski definition) is 1. The van der Waals surface area contributed by atoms with Gasteiger partial charge in [0, 0.05) is 19.5 Å². The van der Waals surface area contributed by atoms with Crippen molar-refractivity contribution in [2.45, 2.75) is 25.3 Å². The molecule has 0 aromatic heterocycles. The Labute approximate surface area is 70.9 Å². The number of nitrogens with zero attached hydrogens (tertiary/aromatic N) is 1. The van der Waals surface area contributed by atoms with Gasteiger partial charge in [-0.15, -0.1) is 0 Å². The molecule has 4 nitrogen and oxygen atoms in total. The fraction of sp³-hybridized carbons (Fsp3) is 0.750. The third-order valence-electron chi connectivity index (χ3n) is 2.51. The van der Waals surface area contributed by atoms with Gasteiger partial charge in [0.1, 0.15) is 6.04 Å². The third kappa shape index (κ3) is 1.07. The molecule has 0 bridgehead atoms. The highest BCUT2D eigenvalue weighted by Crippen LogP contribution is 2.19. The van der Waals surface area contributed by atoms with Crippen LogP contribution in [0, 0.1) is 0 Å². The maximum Gasteiger partial charge on any atom is 0.242 e. The van der Waals surface area contributed by atoms with Crippen molar-refractivity contribution >= 4 is 11.8 Å². The van der Waals surface area contributed by atoms with E-state index in [-0.39, 0.29) is 17.9 Å². The Morgan fingerprint density at radius 1 is 1.42 bits per heavy atom. The molecule has 0 spiro atoms. The van der Waals surface area contributed by atoms with Gasteiger partial charge in [-0.2, -0.15) is 0 Å². The molecule has 2 aliphatic rings. The Morgan fingerprint density at radius 3 is 3.08 bits per heavy atom. The van der Waals surface area contributed by atoms with Crippen LogP contribution in [0.25, 0.3) is 0 Å². The maximum absolute atomic E-state index is 11.4. The first kappa shape index (κ1) is 7.58. The SMILES string of the molecule is O=C1NCCC(=O)N2CCCC12. The van der Waals surface area contributed by atoms with Gasteiger partial charge in [0.25, 0.3) is 0 Å². The van der Waals surface area contributed by atoms with Gasteiger partial charge in [-0.25, -0.2) is 0 Å². The first-order valence-corrected chi connectivity index (χ1v) is 4.36. The van der Waals surface area contributed by atoms with Crippen LogP contribution in [0.1, 0.15) is 19.3 Å². The van der Waals surface area contributed by atoms with Crippen molar-refractivity contribution in [2.24, 2.45) is 0 Å². The van der Waals surface area contributed by atoms with Crippen molar-refractivity contribution in [3.8, 4) is 0 Å². The molecule has 0 aliphatic carbocycles. The van der Waals surface area contributed by atoms with E-state index in [0.29, 0.717) is 13.0 Å². The largest absolute Gasteiger partial charge is 0.354 e. The summed E-state index contributed by atoms with van der Waals surface area (Å²) in [5.74, 6) is 0.147. The zero-order chi connectivity index (χ0) is 8.55. The molecule has 0 saturated carbocycles. The summed E-state index contributed by atoms with van der Waals surface area (Å²) in [6.07, 6.45) is 2.25. The molecule has 0 aromatic rings. The number of hydrogen-bond acceptors (Lipinski definition) is 2. The van der Waals surface area contributed by atoms with Gasteiger partial charge < -0.3 is 10.2 Å². The molecule has 4 heteroatoms. The van der Waals surface area contributed by atoms with Gasteiger partial charge in [0.15, 0.2) is 0 Å². The topological polar surface area (TPSA) is 49.4 Å². The second-order valence-electron chi connectivity index (χ2n) is 3.29. The molecule has 2 aliphatic heterocycles. The van der Waals surface area contributed by atoms with Crippen LogP contribution in [0.3, 0.4) is 0 Å². The monoisotopic (exact) mass is 168 g/mol. The molecule has 1 atom stereocenters. The van der Waals surface area contributed by atoms with Crippen molar-refractivity contribution in [2.75, 3.05) is 13.1 Å². The van der Waals surface area contributed by atoms with E-state index in [0.717, 1.165) is 19.4 Å². The highest BCUT2D eigenvalue weighted by atomic mass is 16.2. The molecule has 1 N–H and O–H groups in total. The van der Waals surface area contributed by atoms with Crippen molar-refractivity contribution in [3.05, 3.63) is 0 Å². The fourth-order valence-corrected chi connectivity index (χ4v) is 1.89. The summed E-state index contributed by atoms with van der Waals surface area (Å²) in [5.41, 5.74) is 0. The first-order chi connectivity index (χ1) is 5.79. The van der Waals surface area contributed by atoms with Crippen molar-refractivity contribution < 1.29 is 9.59 Å². The van der Waals surface area contributed by atoms with E-state index in [2.05, 4.69) is 5.32 Å².